The van der Waals surface area contributed by atoms with Gasteiger partial charge >= 0.3 is 11.9 Å². The van der Waals surface area contributed by atoms with Crippen LogP contribution in [0.4, 0.5) is 13.2 Å². The van der Waals surface area contributed by atoms with Crippen LogP contribution < -0.4 is 11.0 Å². The Morgan fingerprint density at radius 1 is 1.00 bits per heavy atom. The normalized spacial score (nSPS) is 18.0. The molecular weight excluding hydrogens is 493 g/mol. The molecule has 1 aliphatic rings. The number of aromatic nitrogens is 3. The number of fused-ring (bicyclic) bond motifs is 1. The van der Waals surface area contributed by atoms with E-state index in [4.69, 9.17) is 0 Å². The van der Waals surface area contributed by atoms with Gasteiger partial charge in [-0.1, -0.05) is 23.8 Å². The molecule has 0 unspecified atom stereocenters. The molecule has 1 fully saturated rings. The number of hydrogen-bond donors (Lipinski definition) is 1. The molecule has 1 N–H and O–H groups in total. The van der Waals surface area contributed by atoms with Crippen LogP contribution in [-0.2, 0) is 12.7 Å². The molecule has 6 nitrogen and oxygen atoms in total. The molecule has 0 aliphatic heterocycles. The van der Waals surface area contributed by atoms with E-state index in [1.165, 1.54) is 12.1 Å². The van der Waals surface area contributed by atoms with Gasteiger partial charge < -0.3 is 5.32 Å². The number of carbonyl (C=O) groups excluding carboxylic acids is 1. The Labute approximate surface area is 218 Å². The van der Waals surface area contributed by atoms with Crippen molar-refractivity contribution in [3.8, 4) is 5.69 Å². The molecule has 0 bridgehead atoms. The lowest BCUT2D eigenvalue weighted by molar-refractivity contribution is -0.137. The largest absolute Gasteiger partial charge is 0.417 e. The van der Waals surface area contributed by atoms with E-state index < -0.39 is 17.6 Å². The Morgan fingerprint density at radius 2 is 1.71 bits per heavy atom. The number of pyridine rings is 1. The van der Waals surface area contributed by atoms with E-state index >= 15 is 0 Å². The zero-order chi connectivity index (χ0) is 27.0. The predicted molar refractivity (Wildman–Crippen MR) is 139 cm³/mol. The van der Waals surface area contributed by atoms with E-state index in [1.807, 2.05) is 43.3 Å². The molecule has 198 valence electrons. The summed E-state index contributed by atoms with van der Waals surface area (Å²) < 4.78 is 43.8. The van der Waals surface area contributed by atoms with Crippen molar-refractivity contribution in [2.45, 2.75) is 58.3 Å². The highest BCUT2D eigenvalue weighted by Crippen LogP contribution is 2.33. The molecule has 2 aromatic carbocycles. The van der Waals surface area contributed by atoms with Crippen LogP contribution in [0.1, 0.15) is 52.9 Å². The lowest BCUT2D eigenvalue weighted by Gasteiger charge is -2.29. The Morgan fingerprint density at radius 3 is 2.37 bits per heavy atom. The SMILES string of the molecule is Cc1ccc(C(F)(F)F)c(C(=O)NC2CCC(Cn3c(=O)n(-c4ccc(C)nc4)c4ccccc43)CC2)c1. The lowest BCUT2D eigenvalue weighted by Crippen LogP contribution is -2.39. The molecule has 9 heteroatoms. The zero-order valence-electron chi connectivity index (χ0n) is 21.3. The predicted octanol–water partition coefficient (Wildman–Crippen LogP) is 5.81. The van der Waals surface area contributed by atoms with Gasteiger partial charge in [-0.15, -0.1) is 0 Å². The molecule has 0 atom stereocenters. The van der Waals surface area contributed by atoms with Crippen molar-refractivity contribution in [3.05, 3.63) is 93.7 Å². The smallest absolute Gasteiger partial charge is 0.349 e. The van der Waals surface area contributed by atoms with Gasteiger partial charge in [-0.25, -0.2) is 4.79 Å². The van der Waals surface area contributed by atoms with Crippen molar-refractivity contribution < 1.29 is 18.0 Å². The van der Waals surface area contributed by atoms with Crippen LogP contribution in [0, 0.1) is 19.8 Å². The number of benzene rings is 2. The molecule has 0 spiro atoms. The van der Waals surface area contributed by atoms with Gasteiger partial charge in [0.25, 0.3) is 5.91 Å². The molecule has 5 rings (SSSR count). The zero-order valence-corrected chi connectivity index (χ0v) is 21.3. The monoisotopic (exact) mass is 522 g/mol. The molecular formula is C29H29F3N4O2. The summed E-state index contributed by atoms with van der Waals surface area (Å²) in [6.07, 6.45) is -0.123. The summed E-state index contributed by atoms with van der Waals surface area (Å²) in [5, 5.41) is 2.81. The number of para-hydroxylation sites is 2. The number of imidazole rings is 1. The highest BCUT2D eigenvalue weighted by atomic mass is 19.4. The van der Waals surface area contributed by atoms with Gasteiger partial charge in [0.1, 0.15) is 0 Å². The van der Waals surface area contributed by atoms with Gasteiger partial charge in [-0.2, -0.15) is 13.2 Å². The summed E-state index contributed by atoms with van der Waals surface area (Å²) in [6, 6.07) is 14.8. The van der Waals surface area contributed by atoms with E-state index in [1.54, 1.807) is 22.3 Å². The molecule has 2 aromatic heterocycles. The average molecular weight is 523 g/mol. The van der Waals surface area contributed by atoms with Crippen molar-refractivity contribution >= 4 is 16.9 Å². The number of hydrogen-bond acceptors (Lipinski definition) is 3. The number of halogens is 3. The van der Waals surface area contributed by atoms with E-state index in [-0.39, 0.29) is 23.2 Å². The number of nitrogens with zero attached hydrogens (tertiary/aromatic N) is 3. The maximum Gasteiger partial charge on any atom is 0.417 e. The number of aryl methyl sites for hydroxylation is 2. The highest BCUT2D eigenvalue weighted by Gasteiger charge is 2.36. The first-order valence-electron chi connectivity index (χ1n) is 12.7. The quantitative estimate of drug-likeness (QED) is 0.360. The van der Waals surface area contributed by atoms with Crippen LogP contribution in [0.3, 0.4) is 0 Å². The second-order valence-corrected chi connectivity index (χ2v) is 10.1. The molecule has 1 saturated carbocycles. The Hall–Kier alpha value is -3.88. The molecule has 4 aromatic rings. The fraction of sp³-hybridized carbons (Fsp3) is 0.345. The second kappa shape index (κ2) is 10.1. The minimum atomic E-state index is -4.60. The summed E-state index contributed by atoms with van der Waals surface area (Å²) in [5.74, 6) is -0.489. The third-order valence-corrected chi connectivity index (χ3v) is 7.34. The van der Waals surface area contributed by atoms with Crippen molar-refractivity contribution in [1.29, 1.82) is 0 Å². The number of alkyl halides is 3. The fourth-order valence-electron chi connectivity index (χ4n) is 5.33. The van der Waals surface area contributed by atoms with Crippen LogP contribution >= 0.6 is 0 Å². The third-order valence-electron chi connectivity index (χ3n) is 7.34. The van der Waals surface area contributed by atoms with Crippen LogP contribution in [0.5, 0.6) is 0 Å². The standard InChI is InChI=1S/C29H29F3N4O2/c1-18-7-14-24(29(30,31)32)23(15-18)27(37)34-21-11-9-20(10-12-21)17-35-25-5-3-4-6-26(25)36(28(35)38)22-13-8-19(2)33-16-22/h3-8,13-16,20-21H,9-12,17H2,1-2H3,(H,34,37). The van der Waals surface area contributed by atoms with Gasteiger partial charge in [0.15, 0.2) is 0 Å². The second-order valence-electron chi connectivity index (χ2n) is 10.1. The first kappa shape index (κ1) is 25.8. The van der Waals surface area contributed by atoms with Gasteiger partial charge in [-0.3, -0.25) is 18.9 Å². The topological polar surface area (TPSA) is 68.9 Å². The maximum atomic E-state index is 13.5. The Kier molecular flexibility index (Phi) is 6.86. The van der Waals surface area contributed by atoms with E-state index in [0.29, 0.717) is 30.6 Å². The minimum absolute atomic E-state index is 0.133. The molecule has 2 heterocycles. The van der Waals surface area contributed by atoms with Crippen LogP contribution in [0.2, 0.25) is 0 Å². The number of nitrogens with one attached hydrogen (secondary N) is 1. The third kappa shape index (κ3) is 5.10. The number of rotatable bonds is 5. The van der Waals surface area contributed by atoms with E-state index in [9.17, 15) is 22.8 Å². The van der Waals surface area contributed by atoms with Gasteiger partial charge in [0, 0.05) is 18.3 Å². The number of amides is 1. The number of carbonyl (C=O) groups is 1. The van der Waals surface area contributed by atoms with E-state index in [0.717, 1.165) is 35.6 Å². The first-order chi connectivity index (χ1) is 18.1. The summed E-state index contributed by atoms with van der Waals surface area (Å²) >= 11 is 0. The Balaban J connectivity index is 1.30. The first-order valence-corrected chi connectivity index (χ1v) is 12.7. The van der Waals surface area contributed by atoms with Crippen molar-refractivity contribution in [2.24, 2.45) is 5.92 Å². The van der Waals surface area contributed by atoms with Crippen molar-refractivity contribution in [2.75, 3.05) is 0 Å². The van der Waals surface area contributed by atoms with E-state index in [2.05, 4.69) is 10.3 Å². The van der Waals surface area contributed by atoms with Gasteiger partial charge in [0.2, 0.25) is 0 Å². The van der Waals surface area contributed by atoms with Crippen molar-refractivity contribution in [3.63, 3.8) is 0 Å². The summed E-state index contributed by atoms with van der Waals surface area (Å²) in [6.45, 7) is 4.09. The average Bonchev–Trinajstić information content (AvgIpc) is 3.16. The summed E-state index contributed by atoms with van der Waals surface area (Å²) in [7, 11) is 0. The maximum absolute atomic E-state index is 13.5. The van der Waals surface area contributed by atoms with Gasteiger partial charge in [0.05, 0.1) is 34.0 Å². The van der Waals surface area contributed by atoms with Gasteiger partial charge in [-0.05, 0) is 81.8 Å². The van der Waals surface area contributed by atoms with Crippen LogP contribution in [0.25, 0.3) is 16.7 Å². The van der Waals surface area contributed by atoms with Crippen LogP contribution in [-0.4, -0.2) is 26.1 Å². The highest BCUT2D eigenvalue weighted by molar-refractivity contribution is 5.96. The van der Waals surface area contributed by atoms with Crippen LogP contribution in [0.15, 0.2) is 65.6 Å². The summed E-state index contributed by atoms with van der Waals surface area (Å²) in [4.78, 5) is 30.6. The Bertz CT molecular complexity index is 1530. The molecule has 38 heavy (non-hydrogen) atoms. The minimum Gasteiger partial charge on any atom is -0.349 e. The molecule has 0 saturated heterocycles. The molecule has 1 amide bonds. The van der Waals surface area contributed by atoms with Crippen molar-refractivity contribution in [1.82, 2.24) is 19.4 Å². The molecule has 0 radical (unpaired) electrons. The fourth-order valence-corrected chi connectivity index (χ4v) is 5.33. The lowest BCUT2D eigenvalue weighted by atomic mass is 9.85. The summed E-state index contributed by atoms with van der Waals surface area (Å²) in [5.41, 5.74) is 2.42. The molecule has 1 aliphatic carbocycles.